The van der Waals surface area contributed by atoms with Crippen molar-refractivity contribution in [1.82, 2.24) is 19.8 Å². The van der Waals surface area contributed by atoms with Gasteiger partial charge in [0, 0.05) is 11.1 Å². The van der Waals surface area contributed by atoms with Gasteiger partial charge >= 0.3 is 6.18 Å². The Morgan fingerprint density at radius 2 is 1.81 bits per heavy atom. The van der Waals surface area contributed by atoms with E-state index in [1.165, 1.54) is 18.5 Å². The number of hydrogen-bond donors (Lipinski definition) is 1. The molecule has 0 saturated carbocycles. The van der Waals surface area contributed by atoms with Crippen molar-refractivity contribution in [2.45, 2.75) is 13.1 Å². The number of H-pyrrole nitrogens is 1. The third kappa shape index (κ3) is 2.12. The van der Waals surface area contributed by atoms with Gasteiger partial charge in [-0.15, -0.1) is 10.2 Å². The fourth-order valence-electron chi connectivity index (χ4n) is 2.14. The Hall–Kier alpha value is -2.51. The van der Waals surface area contributed by atoms with Gasteiger partial charge in [-0.1, -0.05) is 0 Å². The highest BCUT2D eigenvalue weighted by molar-refractivity contribution is 5.62. The highest BCUT2D eigenvalue weighted by atomic mass is 19.4. The fourth-order valence-corrected chi connectivity index (χ4v) is 2.14. The van der Waals surface area contributed by atoms with Crippen LogP contribution in [0.25, 0.3) is 17.0 Å². The summed E-state index contributed by atoms with van der Waals surface area (Å²) < 4.78 is 44.9. The minimum absolute atomic E-state index is 0.0229. The Morgan fingerprint density at radius 3 is 2.38 bits per heavy atom. The van der Waals surface area contributed by atoms with Gasteiger partial charge in [0.05, 0.1) is 7.11 Å². The van der Waals surface area contributed by atoms with Crippen molar-refractivity contribution in [2.75, 3.05) is 7.11 Å². The molecule has 0 aliphatic heterocycles. The van der Waals surface area contributed by atoms with Gasteiger partial charge in [0.1, 0.15) is 11.4 Å². The highest BCUT2D eigenvalue weighted by Gasteiger charge is 2.36. The molecule has 0 amide bonds. The van der Waals surface area contributed by atoms with Gasteiger partial charge in [0.25, 0.3) is 0 Å². The Kier molecular flexibility index (Phi) is 2.89. The number of methoxy groups -OCH3 is 1. The highest BCUT2D eigenvalue weighted by Crippen LogP contribution is 2.33. The lowest BCUT2D eigenvalue weighted by Crippen LogP contribution is -2.08. The second kappa shape index (κ2) is 4.51. The Labute approximate surface area is 117 Å². The van der Waals surface area contributed by atoms with Crippen LogP contribution in [0.1, 0.15) is 11.3 Å². The second-order valence-electron chi connectivity index (χ2n) is 4.52. The van der Waals surface area contributed by atoms with Crippen LogP contribution in [0.3, 0.4) is 0 Å². The monoisotopic (exact) mass is 296 g/mol. The smallest absolute Gasteiger partial charge is 0.433 e. The third-order valence-electron chi connectivity index (χ3n) is 3.23. The number of nitrogens with zero attached hydrogens (tertiary/aromatic N) is 3. The van der Waals surface area contributed by atoms with Crippen molar-refractivity contribution in [3.8, 4) is 17.1 Å². The summed E-state index contributed by atoms with van der Waals surface area (Å²) in [5.41, 5.74) is 0.00309. The van der Waals surface area contributed by atoms with Crippen LogP contribution >= 0.6 is 0 Å². The second-order valence-corrected chi connectivity index (χ2v) is 4.52. The lowest BCUT2D eigenvalue weighted by molar-refractivity contribution is -0.141. The Balaban J connectivity index is 2.15. The number of fused-ring (bicyclic) bond motifs is 1. The van der Waals surface area contributed by atoms with Crippen LogP contribution in [-0.2, 0) is 6.18 Å². The topological polar surface area (TPSA) is 55.2 Å². The van der Waals surface area contributed by atoms with E-state index in [1.807, 2.05) is 0 Å². The summed E-state index contributed by atoms with van der Waals surface area (Å²) in [7, 11) is 1.54. The molecule has 0 saturated heterocycles. The number of halogens is 3. The largest absolute Gasteiger partial charge is 0.497 e. The van der Waals surface area contributed by atoms with Crippen molar-refractivity contribution in [3.05, 3.63) is 35.5 Å². The molecule has 0 fully saturated rings. The van der Waals surface area contributed by atoms with Gasteiger partial charge in [0.15, 0.2) is 11.5 Å². The Bertz CT molecular complexity index is 786. The SMILES string of the molecule is COc1ccc(-c2nnc3c(C)c(C(F)(F)F)[nH]n23)cc1. The molecule has 110 valence electrons. The lowest BCUT2D eigenvalue weighted by Gasteiger charge is -2.04. The molecule has 2 aromatic heterocycles. The molecule has 3 aromatic rings. The van der Waals surface area contributed by atoms with Gasteiger partial charge in [-0.05, 0) is 31.2 Å². The molecule has 1 N–H and O–H groups in total. The summed E-state index contributed by atoms with van der Waals surface area (Å²) in [6.45, 7) is 1.36. The van der Waals surface area contributed by atoms with Gasteiger partial charge in [-0.3, -0.25) is 5.10 Å². The molecule has 0 bridgehead atoms. The molecule has 8 heteroatoms. The lowest BCUT2D eigenvalue weighted by atomic mass is 10.2. The zero-order valence-corrected chi connectivity index (χ0v) is 11.2. The fraction of sp³-hybridized carbons (Fsp3) is 0.231. The van der Waals surface area contributed by atoms with E-state index in [4.69, 9.17) is 4.74 Å². The summed E-state index contributed by atoms with van der Waals surface area (Å²) >= 11 is 0. The first-order valence-corrected chi connectivity index (χ1v) is 6.07. The Morgan fingerprint density at radius 1 is 1.14 bits per heavy atom. The van der Waals surface area contributed by atoms with Crippen LogP contribution in [0.15, 0.2) is 24.3 Å². The maximum absolute atomic E-state index is 12.9. The number of hydrogen-bond acceptors (Lipinski definition) is 3. The van der Waals surface area contributed by atoms with Crippen molar-refractivity contribution < 1.29 is 17.9 Å². The minimum Gasteiger partial charge on any atom is -0.497 e. The normalized spacial score (nSPS) is 12.0. The standard InChI is InChI=1S/C13H11F3N4O/c1-7-10(13(14,15)16)19-20-11(7)17-18-12(20)8-3-5-9(21-2)6-4-8/h3-6,19H,1-2H3. The van der Waals surface area contributed by atoms with Crippen molar-refractivity contribution in [3.63, 3.8) is 0 Å². The first kappa shape index (κ1) is 13.5. The number of benzene rings is 1. The number of nitrogens with one attached hydrogen (secondary N) is 1. The molecule has 0 spiro atoms. The number of aryl methyl sites for hydroxylation is 1. The summed E-state index contributed by atoms with van der Waals surface area (Å²) in [4.78, 5) is 0. The molecule has 3 rings (SSSR count). The molecule has 0 atom stereocenters. The van der Waals surface area contributed by atoms with Crippen LogP contribution in [0.2, 0.25) is 0 Å². The predicted molar refractivity (Wildman–Crippen MR) is 69.1 cm³/mol. The predicted octanol–water partition coefficient (Wildman–Crippen LogP) is 3.06. The van der Waals surface area contributed by atoms with E-state index in [0.29, 0.717) is 17.1 Å². The molecular formula is C13H11F3N4O. The molecule has 21 heavy (non-hydrogen) atoms. The van der Waals surface area contributed by atoms with Gasteiger partial charge in [0.2, 0.25) is 0 Å². The van der Waals surface area contributed by atoms with Crippen LogP contribution in [0, 0.1) is 6.92 Å². The number of ether oxygens (including phenoxy) is 1. The zero-order valence-electron chi connectivity index (χ0n) is 11.2. The van der Waals surface area contributed by atoms with Crippen molar-refractivity contribution >= 4 is 5.65 Å². The number of rotatable bonds is 2. The van der Waals surface area contributed by atoms with E-state index < -0.39 is 11.9 Å². The zero-order chi connectivity index (χ0) is 15.2. The molecule has 0 aliphatic rings. The molecule has 2 heterocycles. The van der Waals surface area contributed by atoms with E-state index >= 15 is 0 Å². The summed E-state index contributed by atoms with van der Waals surface area (Å²) in [6.07, 6.45) is -4.46. The van der Waals surface area contributed by atoms with Gasteiger partial charge < -0.3 is 4.74 Å². The first-order chi connectivity index (χ1) is 9.91. The molecule has 0 aliphatic carbocycles. The summed E-state index contributed by atoms with van der Waals surface area (Å²) in [6, 6.07) is 6.82. The quantitative estimate of drug-likeness (QED) is 0.790. The van der Waals surface area contributed by atoms with E-state index in [1.54, 1.807) is 24.3 Å². The first-order valence-electron chi connectivity index (χ1n) is 6.07. The van der Waals surface area contributed by atoms with Crippen molar-refractivity contribution in [1.29, 1.82) is 0 Å². The van der Waals surface area contributed by atoms with Crippen molar-refractivity contribution in [2.24, 2.45) is 0 Å². The average Bonchev–Trinajstić information content (AvgIpc) is 2.99. The average molecular weight is 296 g/mol. The van der Waals surface area contributed by atoms with Crippen LogP contribution in [-0.4, -0.2) is 26.9 Å². The van der Waals surface area contributed by atoms with E-state index in [-0.39, 0.29) is 11.2 Å². The maximum Gasteiger partial charge on any atom is 0.433 e. The number of aromatic amines is 1. The van der Waals surface area contributed by atoms with E-state index in [0.717, 1.165) is 0 Å². The number of alkyl halides is 3. The van der Waals surface area contributed by atoms with Crippen LogP contribution in [0.4, 0.5) is 13.2 Å². The van der Waals surface area contributed by atoms with Crippen LogP contribution < -0.4 is 4.74 Å². The van der Waals surface area contributed by atoms with Gasteiger partial charge in [-0.25, -0.2) is 4.52 Å². The third-order valence-corrected chi connectivity index (χ3v) is 3.23. The maximum atomic E-state index is 12.9. The molecule has 1 aromatic carbocycles. The minimum atomic E-state index is -4.46. The van der Waals surface area contributed by atoms with E-state index in [2.05, 4.69) is 15.3 Å². The molecular weight excluding hydrogens is 285 g/mol. The van der Waals surface area contributed by atoms with E-state index in [9.17, 15) is 13.2 Å². The molecule has 0 radical (unpaired) electrons. The molecule has 5 nitrogen and oxygen atoms in total. The molecule has 0 unspecified atom stereocenters. The van der Waals surface area contributed by atoms with Gasteiger partial charge in [-0.2, -0.15) is 13.2 Å². The summed E-state index contributed by atoms with van der Waals surface area (Å²) in [5.74, 6) is 0.962. The summed E-state index contributed by atoms with van der Waals surface area (Å²) in [5, 5.41) is 10.1. The van der Waals surface area contributed by atoms with Crippen LogP contribution in [0.5, 0.6) is 5.75 Å². The number of aromatic nitrogens is 4.